The fraction of sp³-hybridized carbons (Fsp3) is 0.0278. The van der Waals surface area contributed by atoms with E-state index in [4.69, 9.17) is 0 Å². The summed E-state index contributed by atoms with van der Waals surface area (Å²) in [4.78, 5) is 13.7. The number of hydrogen-bond acceptors (Lipinski definition) is 1. The molecule has 0 aromatic heterocycles. The number of carboxylic acid groups (broad SMARTS) is 1. The van der Waals surface area contributed by atoms with E-state index >= 15 is 87.8 Å². The molecule has 0 fully saturated rings. The predicted octanol–water partition coefficient (Wildman–Crippen LogP) is 11.7. The van der Waals surface area contributed by atoms with Gasteiger partial charge in [0.05, 0.1) is 27.8 Å². The second kappa shape index (κ2) is 15.0. The summed E-state index contributed by atoms with van der Waals surface area (Å²) in [6.07, 6.45) is 0. The van der Waals surface area contributed by atoms with Crippen LogP contribution in [-0.4, -0.2) is 11.1 Å². The Morgan fingerprint density at radius 3 is 0.603 bits per heavy atom. The molecule has 1 aliphatic carbocycles. The van der Waals surface area contributed by atoms with Gasteiger partial charge in [0, 0.05) is 22.3 Å². The minimum absolute atomic E-state index is 3.45. The molecule has 0 amide bonds. The van der Waals surface area contributed by atoms with Crippen LogP contribution in [0.2, 0.25) is 0 Å². The lowest BCUT2D eigenvalue weighted by Crippen LogP contribution is -2.41. The highest BCUT2D eigenvalue weighted by molar-refractivity contribution is 6.37. The van der Waals surface area contributed by atoms with Crippen LogP contribution in [-0.2, 0) is 10.2 Å². The zero-order valence-electron chi connectivity index (χ0n) is 28.3. The van der Waals surface area contributed by atoms with E-state index in [0.717, 1.165) is 0 Å². The third-order valence-electron chi connectivity index (χ3n) is 9.24. The molecule has 5 aromatic rings. The molecule has 332 valence electrons. The SMILES string of the molecule is O=C(O)C1(c2c(F)c(F)c(F)c(F)c2F)C(c2c(F)c(F)c(F)c(F)c2F)=C(c2c(F)c(F)c(F)c(F)c2F)C(c2c(F)c(F)c(F)c(F)c2F)=C1c1c(F)c(F)c(F)c(F)c1F. The molecule has 6 rings (SSSR count). The molecule has 2 nitrogen and oxygen atoms in total. The first-order valence-electron chi connectivity index (χ1n) is 15.4. The fourth-order valence-corrected chi connectivity index (χ4v) is 6.68. The molecule has 0 aliphatic heterocycles. The smallest absolute Gasteiger partial charge is 0.323 e. The van der Waals surface area contributed by atoms with Crippen molar-refractivity contribution in [2.45, 2.75) is 5.41 Å². The van der Waals surface area contributed by atoms with E-state index in [0.29, 0.717) is 0 Å². The van der Waals surface area contributed by atoms with Gasteiger partial charge in [0.1, 0.15) is 0 Å². The van der Waals surface area contributed by atoms with Gasteiger partial charge in [-0.05, 0) is 0 Å². The highest BCUT2D eigenvalue weighted by atomic mass is 19.2. The normalized spacial score (nSPS) is 13.9. The lowest BCUT2D eigenvalue weighted by molar-refractivity contribution is -0.139. The van der Waals surface area contributed by atoms with E-state index in [2.05, 4.69) is 0 Å². The molecule has 1 N–H and O–H groups in total. The van der Waals surface area contributed by atoms with Gasteiger partial charge in [-0.1, -0.05) is 0 Å². The van der Waals surface area contributed by atoms with Crippen molar-refractivity contribution in [1.29, 1.82) is 0 Å². The van der Waals surface area contributed by atoms with Crippen LogP contribution in [0.1, 0.15) is 27.8 Å². The van der Waals surface area contributed by atoms with Crippen LogP contribution in [0.3, 0.4) is 0 Å². The third kappa shape index (κ3) is 5.75. The van der Waals surface area contributed by atoms with Crippen LogP contribution in [0, 0.1) is 145 Å². The predicted molar refractivity (Wildman–Crippen MR) is 154 cm³/mol. The van der Waals surface area contributed by atoms with E-state index in [1.165, 1.54) is 0 Å². The fourth-order valence-electron chi connectivity index (χ4n) is 6.68. The van der Waals surface area contributed by atoms with Crippen molar-refractivity contribution >= 4 is 28.3 Å². The third-order valence-corrected chi connectivity index (χ3v) is 9.24. The number of hydrogen-bond donors (Lipinski definition) is 1. The highest BCUT2D eigenvalue weighted by Gasteiger charge is 2.63. The van der Waals surface area contributed by atoms with Gasteiger partial charge in [-0.3, -0.25) is 4.79 Å². The minimum atomic E-state index is -6.24. The Morgan fingerprint density at radius 1 is 0.254 bits per heavy atom. The lowest BCUT2D eigenvalue weighted by atomic mass is 9.65. The van der Waals surface area contributed by atoms with Crippen molar-refractivity contribution in [3.05, 3.63) is 173 Å². The van der Waals surface area contributed by atoms with Crippen LogP contribution in [0.5, 0.6) is 0 Å². The maximum absolute atomic E-state index is 16.2. The van der Waals surface area contributed by atoms with Gasteiger partial charge in [0.15, 0.2) is 122 Å². The number of benzene rings is 5. The Balaban J connectivity index is 2.28. The van der Waals surface area contributed by atoms with Crippen molar-refractivity contribution in [1.82, 2.24) is 0 Å². The van der Waals surface area contributed by atoms with Crippen LogP contribution >= 0.6 is 0 Å². The van der Waals surface area contributed by atoms with Gasteiger partial charge in [0.25, 0.3) is 0 Å². The quantitative estimate of drug-likeness (QED) is 0.105. The highest BCUT2D eigenvalue weighted by Crippen LogP contribution is 2.66. The van der Waals surface area contributed by atoms with Crippen molar-refractivity contribution in [2.24, 2.45) is 0 Å². The van der Waals surface area contributed by atoms with E-state index in [-0.39, 0.29) is 0 Å². The van der Waals surface area contributed by atoms with Crippen LogP contribution < -0.4 is 0 Å². The molecule has 0 radical (unpaired) electrons. The van der Waals surface area contributed by atoms with Gasteiger partial charge in [0.2, 0.25) is 29.1 Å². The number of rotatable bonds is 6. The first-order valence-corrected chi connectivity index (χ1v) is 15.4. The Labute approximate surface area is 327 Å². The summed E-state index contributed by atoms with van der Waals surface area (Å²) >= 11 is 0. The summed E-state index contributed by atoms with van der Waals surface area (Å²) in [6, 6.07) is 0. The molecule has 0 saturated carbocycles. The Hall–Kier alpha value is -6.70. The van der Waals surface area contributed by atoms with E-state index in [1.807, 2.05) is 0 Å². The van der Waals surface area contributed by atoms with Gasteiger partial charge in [-0.15, -0.1) is 0 Å². The lowest BCUT2D eigenvalue weighted by Gasteiger charge is -2.34. The number of halogens is 25. The number of carboxylic acids is 1. The molecular formula is C36HF25O2. The number of carbonyl (C=O) groups is 1. The summed E-state index contributed by atoms with van der Waals surface area (Å²) in [7, 11) is 0. The topological polar surface area (TPSA) is 37.3 Å². The number of aliphatic carboxylic acids is 1. The second-order valence-electron chi connectivity index (χ2n) is 12.3. The molecule has 0 heterocycles. The largest absolute Gasteiger partial charge is 0.480 e. The maximum atomic E-state index is 16.2. The average molecular weight is 940 g/mol. The summed E-state index contributed by atoms with van der Waals surface area (Å²) in [5, 5.41) is 10.8. The molecule has 0 unspecified atom stereocenters. The van der Waals surface area contributed by atoms with Crippen molar-refractivity contribution in [2.75, 3.05) is 0 Å². The molecule has 1 aliphatic rings. The molecular weight excluding hydrogens is 939 g/mol. The minimum Gasteiger partial charge on any atom is -0.480 e. The van der Waals surface area contributed by atoms with Crippen LogP contribution in [0.15, 0.2) is 0 Å². The first kappa shape index (κ1) is 45.8. The molecule has 5 aromatic carbocycles. The van der Waals surface area contributed by atoms with Crippen LogP contribution in [0.4, 0.5) is 110 Å². The monoisotopic (exact) mass is 940 g/mol. The second-order valence-corrected chi connectivity index (χ2v) is 12.3. The summed E-state index contributed by atoms with van der Waals surface area (Å²) in [6.45, 7) is 0. The van der Waals surface area contributed by atoms with E-state index in [9.17, 15) is 31.9 Å². The van der Waals surface area contributed by atoms with Crippen molar-refractivity contribution in [3.63, 3.8) is 0 Å². The number of allylic oxidation sites excluding steroid dienone is 2. The summed E-state index contributed by atoms with van der Waals surface area (Å²) < 4.78 is 383. The van der Waals surface area contributed by atoms with E-state index < -0.39 is 207 Å². The van der Waals surface area contributed by atoms with Crippen molar-refractivity contribution in [3.8, 4) is 0 Å². The van der Waals surface area contributed by atoms with Crippen molar-refractivity contribution < 1.29 is 120 Å². The molecule has 27 heteroatoms. The first-order chi connectivity index (χ1) is 29.1. The van der Waals surface area contributed by atoms with Gasteiger partial charge in [-0.25, -0.2) is 110 Å². The summed E-state index contributed by atoms with van der Waals surface area (Å²) in [5.74, 6) is -96.1. The van der Waals surface area contributed by atoms with Gasteiger partial charge < -0.3 is 5.11 Å². The standard InChI is InChI=1S/C36HF25O2/c37-10-3(11(38)21(48)30(57)20(10)47)1-2(4-12(39)22(49)31(58)23(50)13(4)40)8(6-16(43)26(53)33(60)27(54)17(6)44)36(35(62)63,9-18(45)28(55)34(61)29(56)19(9)46)7(1)5-14(41)24(51)32(59)25(52)15(5)42/h(H,62,63). The average Bonchev–Trinajstić information content (AvgIpc) is 3.52. The Bertz CT molecular complexity index is 2740. The molecule has 0 saturated heterocycles. The zero-order valence-corrected chi connectivity index (χ0v) is 28.3. The zero-order chi connectivity index (χ0) is 47.7. The van der Waals surface area contributed by atoms with Gasteiger partial charge >= 0.3 is 5.97 Å². The Kier molecular flexibility index (Phi) is 10.9. The molecule has 63 heavy (non-hydrogen) atoms. The summed E-state index contributed by atoms with van der Waals surface area (Å²) in [5.41, 5.74) is -38.8. The molecule has 0 bridgehead atoms. The molecule has 0 atom stereocenters. The molecule has 0 spiro atoms. The Morgan fingerprint density at radius 2 is 0.413 bits per heavy atom. The maximum Gasteiger partial charge on any atom is 0.323 e. The van der Waals surface area contributed by atoms with Crippen LogP contribution in [0.25, 0.3) is 22.3 Å². The van der Waals surface area contributed by atoms with Gasteiger partial charge in [-0.2, -0.15) is 0 Å². The van der Waals surface area contributed by atoms with E-state index in [1.54, 1.807) is 0 Å².